The monoisotopic (exact) mass is 293 g/mol. The fourth-order valence-corrected chi connectivity index (χ4v) is 2.47. The average Bonchev–Trinajstić information content (AvgIpc) is 2.54. The molecule has 0 saturated carbocycles. The number of hydrogen-bond donors (Lipinski definition) is 1. The Balaban J connectivity index is 0.000000677. The van der Waals surface area contributed by atoms with Crippen LogP contribution in [0.25, 0.3) is 0 Å². The van der Waals surface area contributed by atoms with Gasteiger partial charge in [0, 0.05) is 12.6 Å². The molecule has 1 saturated heterocycles. The van der Waals surface area contributed by atoms with E-state index in [1.54, 1.807) is 0 Å². The summed E-state index contributed by atoms with van der Waals surface area (Å²) in [7, 11) is 0. The van der Waals surface area contributed by atoms with Crippen molar-refractivity contribution in [3.8, 4) is 0 Å². The first kappa shape index (κ1) is 17.0. The Bertz CT molecular complexity index is 422. The molecule has 0 unspecified atom stereocenters. The summed E-state index contributed by atoms with van der Waals surface area (Å²) in [4.78, 5) is 22.3. The first-order valence-corrected chi connectivity index (χ1v) is 7.28. The van der Waals surface area contributed by atoms with Gasteiger partial charge in [0.05, 0.1) is 0 Å². The lowest BCUT2D eigenvalue weighted by Crippen LogP contribution is -2.43. The van der Waals surface area contributed by atoms with E-state index in [0.717, 1.165) is 31.4 Å². The third kappa shape index (κ3) is 5.85. The van der Waals surface area contributed by atoms with Crippen molar-refractivity contribution in [3.05, 3.63) is 35.9 Å². The molecule has 0 radical (unpaired) electrons. The maximum Gasteiger partial charge on any atom is 0.410 e. The normalized spacial score (nSPS) is 17.4. The summed E-state index contributed by atoms with van der Waals surface area (Å²) in [6.45, 7) is 3.09. The molecule has 1 amide bonds. The van der Waals surface area contributed by atoms with E-state index < -0.39 is 0 Å². The molecule has 2 rings (SSSR count). The van der Waals surface area contributed by atoms with Crippen molar-refractivity contribution < 1.29 is 19.4 Å². The Labute approximate surface area is 125 Å². The molecule has 1 aliphatic rings. The summed E-state index contributed by atoms with van der Waals surface area (Å²) in [5.74, 6) is 0. The van der Waals surface area contributed by atoms with Crippen LogP contribution in [0.3, 0.4) is 0 Å². The molecule has 0 spiro atoms. The third-order valence-corrected chi connectivity index (χ3v) is 3.54. The summed E-state index contributed by atoms with van der Waals surface area (Å²) in [6, 6.07) is 10.2. The van der Waals surface area contributed by atoms with Crippen LogP contribution in [0.15, 0.2) is 30.3 Å². The van der Waals surface area contributed by atoms with Crippen LogP contribution in [-0.2, 0) is 16.1 Å². The number of likely N-dealkylation sites (tertiary alicyclic amines) is 1. The van der Waals surface area contributed by atoms with Crippen LogP contribution >= 0.6 is 0 Å². The second kappa shape index (κ2) is 9.80. The fraction of sp³-hybridized carbons (Fsp3) is 0.500. The minimum absolute atomic E-state index is 0.162. The van der Waals surface area contributed by atoms with Gasteiger partial charge in [0.15, 0.2) is 0 Å². The highest BCUT2D eigenvalue weighted by Gasteiger charge is 2.26. The molecule has 1 atom stereocenters. The summed E-state index contributed by atoms with van der Waals surface area (Å²) >= 11 is 0. The van der Waals surface area contributed by atoms with Crippen LogP contribution in [0.1, 0.15) is 38.2 Å². The molecule has 0 aliphatic carbocycles. The number of amides is 1. The molecular formula is C16H23NO4. The summed E-state index contributed by atoms with van der Waals surface area (Å²) in [6.07, 6.45) is 4.28. The Morgan fingerprint density at radius 1 is 1.38 bits per heavy atom. The Hall–Kier alpha value is -2.04. The number of benzene rings is 1. The van der Waals surface area contributed by atoms with Gasteiger partial charge in [-0.2, -0.15) is 0 Å². The van der Waals surface area contributed by atoms with Gasteiger partial charge in [-0.05, 0) is 31.2 Å². The zero-order chi connectivity index (χ0) is 15.5. The molecule has 21 heavy (non-hydrogen) atoms. The van der Waals surface area contributed by atoms with Gasteiger partial charge in [-0.3, -0.25) is 4.79 Å². The molecule has 1 heterocycles. The molecule has 1 aliphatic heterocycles. The van der Waals surface area contributed by atoms with Crippen molar-refractivity contribution in [3.63, 3.8) is 0 Å². The number of ether oxygens (including phenoxy) is 1. The van der Waals surface area contributed by atoms with Gasteiger partial charge >= 0.3 is 6.09 Å². The van der Waals surface area contributed by atoms with E-state index in [0.29, 0.717) is 12.6 Å². The van der Waals surface area contributed by atoms with Crippen LogP contribution in [0.4, 0.5) is 4.79 Å². The lowest BCUT2D eigenvalue weighted by molar-refractivity contribution is -0.122. The molecule has 0 bridgehead atoms. The maximum atomic E-state index is 12.0. The highest BCUT2D eigenvalue weighted by Crippen LogP contribution is 2.20. The second-order valence-electron chi connectivity index (χ2n) is 4.90. The Morgan fingerprint density at radius 3 is 2.67 bits per heavy atom. The average molecular weight is 293 g/mol. The predicted molar refractivity (Wildman–Crippen MR) is 80.0 cm³/mol. The third-order valence-electron chi connectivity index (χ3n) is 3.54. The van der Waals surface area contributed by atoms with Gasteiger partial charge < -0.3 is 14.7 Å². The minimum Gasteiger partial charge on any atom is -0.483 e. The van der Waals surface area contributed by atoms with E-state index in [2.05, 4.69) is 6.92 Å². The Morgan fingerprint density at radius 2 is 2.05 bits per heavy atom. The molecule has 116 valence electrons. The van der Waals surface area contributed by atoms with Gasteiger partial charge in [-0.1, -0.05) is 37.3 Å². The first-order chi connectivity index (χ1) is 10.2. The summed E-state index contributed by atoms with van der Waals surface area (Å²) < 4.78 is 5.39. The molecule has 1 aromatic rings. The van der Waals surface area contributed by atoms with Crippen molar-refractivity contribution in [1.82, 2.24) is 4.90 Å². The van der Waals surface area contributed by atoms with Gasteiger partial charge in [0.2, 0.25) is 0 Å². The van der Waals surface area contributed by atoms with Crippen LogP contribution in [-0.4, -0.2) is 35.2 Å². The predicted octanol–water partition coefficient (Wildman–Crippen LogP) is 3.29. The van der Waals surface area contributed by atoms with E-state index in [1.165, 1.54) is 6.42 Å². The van der Waals surface area contributed by atoms with E-state index in [1.807, 2.05) is 35.2 Å². The smallest absolute Gasteiger partial charge is 0.410 e. The highest BCUT2D eigenvalue weighted by atomic mass is 16.6. The van der Waals surface area contributed by atoms with Gasteiger partial charge in [0.1, 0.15) is 6.61 Å². The number of carbonyl (C=O) groups excluding carboxylic acids is 1. The zero-order valence-electron chi connectivity index (χ0n) is 12.4. The van der Waals surface area contributed by atoms with Gasteiger partial charge in [-0.25, -0.2) is 4.79 Å². The largest absolute Gasteiger partial charge is 0.483 e. The fourth-order valence-electron chi connectivity index (χ4n) is 2.47. The van der Waals surface area contributed by atoms with E-state index in [-0.39, 0.29) is 12.6 Å². The van der Waals surface area contributed by atoms with Crippen molar-refractivity contribution in [2.45, 2.75) is 45.3 Å². The highest BCUT2D eigenvalue weighted by molar-refractivity contribution is 5.68. The lowest BCUT2D eigenvalue weighted by Gasteiger charge is -2.34. The van der Waals surface area contributed by atoms with Crippen molar-refractivity contribution >= 4 is 12.6 Å². The van der Waals surface area contributed by atoms with Crippen molar-refractivity contribution in [2.24, 2.45) is 0 Å². The number of piperidine rings is 1. The molecule has 0 aromatic heterocycles. The molecule has 1 N–H and O–H groups in total. The molecular weight excluding hydrogens is 270 g/mol. The van der Waals surface area contributed by atoms with Gasteiger partial charge in [0.25, 0.3) is 6.47 Å². The molecule has 5 nitrogen and oxygen atoms in total. The van der Waals surface area contributed by atoms with Crippen LogP contribution in [0.2, 0.25) is 0 Å². The SMILES string of the molecule is CC[C@@H]1CCCCN1C(=O)OCc1ccccc1.O=CO. The standard InChI is InChI=1S/C15H21NO2.CH2O2/c1-2-14-10-6-7-11-16(14)15(17)18-12-13-8-4-3-5-9-13;2-1-3/h3-5,8-9,14H,2,6-7,10-12H2,1H3;1H,(H,2,3)/t14-;/m1./s1. The van der Waals surface area contributed by atoms with Crippen LogP contribution in [0.5, 0.6) is 0 Å². The first-order valence-electron chi connectivity index (χ1n) is 7.28. The maximum absolute atomic E-state index is 12.0. The molecule has 5 heteroatoms. The van der Waals surface area contributed by atoms with Crippen molar-refractivity contribution in [2.75, 3.05) is 6.54 Å². The summed E-state index contributed by atoms with van der Waals surface area (Å²) in [5, 5.41) is 6.89. The number of nitrogens with zero attached hydrogens (tertiary/aromatic N) is 1. The number of rotatable bonds is 3. The van der Waals surface area contributed by atoms with E-state index in [4.69, 9.17) is 14.6 Å². The number of hydrogen-bond acceptors (Lipinski definition) is 3. The van der Waals surface area contributed by atoms with Gasteiger partial charge in [-0.15, -0.1) is 0 Å². The number of carboxylic acid groups (broad SMARTS) is 1. The minimum atomic E-state index is -0.250. The quantitative estimate of drug-likeness (QED) is 0.868. The second-order valence-corrected chi connectivity index (χ2v) is 4.90. The van der Waals surface area contributed by atoms with Crippen LogP contribution in [0, 0.1) is 0 Å². The van der Waals surface area contributed by atoms with E-state index >= 15 is 0 Å². The topological polar surface area (TPSA) is 66.8 Å². The zero-order valence-corrected chi connectivity index (χ0v) is 12.4. The van der Waals surface area contributed by atoms with Crippen LogP contribution < -0.4 is 0 Å². The van der Waals surface area contributed by atoms with Crippen molar-refractivity contribution in [1.29, 1.82) is 0 Å². The molecule has 1 aromatic carbocycles. The Kier molecular flexibility index (Phi) is 7.94. The van der Waals surface area contributed by atoms with E-state index in [9.17, 15) is 4.79 Å². The lowest BCUT2D eigenvalue weighted by atomic mass is 10.0. The summed E-state index contributed by atoms with van der Waals surface area (Å²) in [5.41, 5.74) is 1.04. The molecule has 1 fully saturated rings. The number of carbonyl (C=O) groups is 2.